The molecular weight excluding hydrogens is 702 g/mol. The van der Waals surface area contributed by atoms with Crippen LogP contribution in [-0.4, -0.2) is 178 Å². The van der Waals surface area contributed by atoms with E-state index >= 15 is 0 Å². The summed E-state index contributed by atoms with van der Waals surface area (Å²) in [4.78, 5) is 70.4. The van der Waals surface area contributed by atoms with Crippen LogP contribution in [0.4, 0.5) is 28.8 Å². The zero-order chi connectivity index (χ0) is 38.0. The largest absolute Gasteiger partial charge is 0.509 e. The first-order valence-electron chi connectivity index (χ1n) is 16.1. The lowest BCUT2D eigenvalue weighted by molar-refractivity contribution is 0.0826. The number of ether oxygens (including phenoxy) is 4. The molecule has 9 N–H and O–H groups in total. The molecule has 21 nitrogen and oxygen atoms in total. The monoisotopic (exact) mass is 761 g/mol. The second-order valence-electron chi connectivity index (χ2n) is 10.5. The summed E-state index contributed by atoms with van der Waals surface area (Å²) < 4.78 is 18.5. The number of cyclic esters (lactones) is 2. The van der Waals surface area contributed by atoms with Crippen LogP contribution >= 0.6 is 0 Å². The Bertz CT molecular complexity index is 1160. The number of carbonyl (C=O) groups is 6. The maximum Gasteiger partial charge on any atom is 0.509 e. The number of nitrogens with two attached hydrogens (primary N) is 1. The van der Waals surface area contributed by atoms with Gasteiger partial charge in [0, 0.05) is 78.5 Å². The Labute approximate surface area is 310 Å². The number of nitrogens with one attached hydrogen (secondary N) is 5. The highest BCUT2D eigenvalue weighted by Gasteiger charge is 2.22. The summed E-state index contributed by atoms with van der Waals surface area (Å²) in [5.74, 6) is 0. The average molecular weight is 762 g/mol. The molecule has 304 valence electrons. The first-order valence-corrected chi connectivity index (χ1v) is 16.1. The van der Waals surface area contributed by atoms with Crippen LogP contribution in [0.3, 0.4) is 0 Å². The highest BCUT2D eigenvalue weighted by Crippen LogP contribution is 2.05. The van der Waals surface area contributed by atoms with Gasteiger partial charge in [-0.3, -0.25) is 0 Å². The lowest BCUT2D eigenvalue weighted by Crippen LogP contribution is -2.38. The van der Waals surface area contributed by atoms with Crippen molar-refractivity contribution in [2.24, 2.45) is 5.73 Å². The molecule has 4 heterocycles. The molecule has 0 saturated carbocycles. The normalized spacial score (nSPS) is 17.6. The van der Waals surface area contributed by atoms with E-state index in [1.54, 1.807) is 14.7 Å². The van der Waals surface area contributed by atoms with Gasteiger partial charge in [0.15, 0.2) is 6.10 Å². The molecule has 4 rings (SSSR count). The van der Waals surface area contributed by atoms with Gasteiger partial charge in [-0.25, -0.2) is 28.8 Å². The fourth-order valence-corrected chi connectivity index (χ4v) is 3.99. The molecule has 0 aromatic carbocycles. The topological polar surface area (TPSA) is 276 Å². The van der Waals surface area contributed by atoms with E-state index in [1.807, 2.05) is 0 Å². The molecular formula is C32H59N9O12. The first kappa shape index (κ1) is 49.8. The van der Waals surface area contributed by atoms with Gasteiger partial charge in [-0.05, 0) is 12.2 Å². The van der Waals surface area contributed by atoms with Crippen molar-refractivity contribution in [2.75, 3.05) is 98.4 Å². The zero-order valence-corrected chi connectivity index (χ0v) is 28.6. The van der Waals surface area contributed by atoms with Crippen LogP contribution in [0.1, 0.15) is 14.9 Å². The van der Waals surface area contributed by atoms with Gasteiger partial charge in [0.1, 0.15) is 25.4 Å². The number of nitrogens with zero attached hydrogens (tertiary/aromatic N) is 3. The lowest BCUT2D eigenvalue weighted by atomic mass is 10.4. The molecule has 0 bridgehead atoms. The minimum Gasteiger partial charge on any atom is -0.446 e. The van der Waals surface area contributed by atoms with Crippen molar-refractivity contribution in [1.29, 1.82) is 0 Å². The van der Waals surface area contributed by atoms with Crippen molar-refractivity contribution in [2.45, 2.75) is 33.2 Å². The summed E-state index contributed by atoms with van der Waals surface area (Å²) in [5.41, 5.74) is 5.25. The van der Waals surface area contributed by atoms with E-state index in [-0.39, 0.29) is 52.3 Å². The van der Waals surface area contributed by atoms with E-state index in [0.717, 1.165) is 13.1 Å². The fraction of sp³-hybridized carbons (Fsp3) is 0.625. The second-order valence-corrected chi connectivity index (χ2v) is 10.5. The standard InChI is InChI=1S/2C10H17N3O4.C5H11N3O.C5H6O3.2CH4/c1-2-8(14)7-17-10(16)12-4-6-13-5-3-11-9(13)15;1-2-8(7-14)17-10(16)12-4-6-13-5-3-11-9(13)15;6-1-3-8-4-2-7-5(8)9;1-2-4-3-7-5(6)8-4;;/h2*2,8,14H,1,3-7H2,(H,11,15)(H,12,16);1-4,6H2,(H,7,9);2,4H,1,3H2;2*1H4. The Kier molecular flexibility index (Phi) is 27.6. The van der Waals surface area contributed by atoms with Crippen molar-refractivity contribution >= 4 is 36.4 Å². The van der Waals surface area contributed by atoms with Gasteiger partial charge in [-0.15, -0.1) is 6.58 Å². The molecule has 21 heteroatoms. The number of alkyl carbamates (subject to hydrolysis) is 2. The van der Waals surface area contributed by atoms with Gasteiger partial charge in [-0.1, -0.05) is 34.1 Å². The van der Waals surface area contributed by atoms with E-state index in [2.05, 4.69) is 55.8 Å². The zero-order valence-electron chi connectivity index (χ0n) is 28.6. The van der Waals surface area contributed by atoms with E-state index in [9.17, 15) is 28.8 Å². The second kappa shape index (κ2) is 29.3. The highest BCUT2D eigenvalue weighted by molar-refractivity contribution is 5.77. The van der Waals surface area contributed by atoms with Gasteiger partial charge in [0.2, 0.25) is 0 Å². The molecule has 0 radical (unpaired) electrons. The van der Waals surface area contributed by atoms with Gasteiger partial charge in [0.05, 0.1) is 6.61 Å². The SMILES string of the molecule is C.C.C=CC(CO)OC(=O)NCCN1CCNC1=O.C=CC(O)COC(=O)NCCN1CCNC1=O.C=CC1COC(=O)O1.NCCN1CCNC1=O. The third-order valence-electron chi connectivity index (χ3n) is 6.77. The minimum absolute atomic E-state index is 0. The maximum absolute atomic E-state index is 11.2. The summed E-state index contributed by atoms with van der Waals surface area (Å²) >= 11 is 0. The predicted octanol–water partition coefficient (Wildman–Crippen LogP) is -0.480. The molecule has 3 atom stereocenters. The molecule has 53 heavy (non-hydrogen) atoms. The Morgan fingerprint density at radius 1 is 0.868 bits per heavy atom. The van der Waals surface area contributed by atoms with Gasteiger partial charge >= 0.3 is 36.4 Å². The number of carbonyl (C=O) groups excluding carboxylic acids is 6. The smallest absolute Gasteiger partial charge is 0.446 e. The summed E-state index contributed by atoms with van der Waals surface area (Å²) in [6.07, 6.45) is 0.502. The Balaban J connectivity index is 0. The van der Waals surface area contributed by atoms with Crippen LogP contribution in [0.2, 0.25) is 0 Å². The van der Waals surface area contributed by atoms with Crippen LogP contribution in [0.25, 0.3) is 0 Å². The third-order valence-corrected chi connectivity index (χ3v) is 6.77. The summed E-state index contributed by atoms with van der Waals surface area (Å²) in [6.45, 7) is 16.9. The predicted molar refractivity (Wildman–Crippen MR) is 195 cm³/mol. The number of hydrogen-bond acceptors (Lipinski definition) is 13. The molecule has 4 fully saturated rings. The van der Waals surface area contributed by atoms with Crippen molar-refractivity contribution in [3.8, 4) is 0 Å². The van der Waals surface area contributed by atoms with Gasteiger partial charge in [-0.2, -0.15) is 0 Å². The quantitative estimate of drug-likeness (QED) is 0.0596. The summed E-state index contributed by atoms with van der Waals surface area (Å²) in [7, 11) is 0. The number of aliphatic hydroxyl groups excluding tert-OH is 2. The van der Waals surface area contributed by atoms with Crippen LogP contribution < -0.4 is 32.3 Å². The van der Waals surface area contributed by atoms with Crippen molar-refractivity contribution in [3.05, 3.63) is 38.0 Å². The van der Waals surface area contributed by atoms with Crippen molar-refractivity contribution in [1.82, 2.24) is 41.3 Å². The van der Waals surface area contributed by atoms with Crippen LogP contribution in [0.15, 0.2) is 38.0 Å². The van der Waals surface area contributed by atoms with E-state index < -0.39 is 30.5 Å². The summed E-state index contributed by atoms with van der Waals surface area (Å²) in [5, 5.41) is 30.8. The van der Waals surface area contributed by atoms with E-state index in [4.69, 9.17) is 25.4 Å². The lowest BCUT2D eigenvalue weighted by Gasteiger charge is -2.15. The highest BCUT2D eigenvalue weighted by atomic mass is 16.8. The fourth-order valence-electron chi connectivity index (χ4n) is 3.99. The van der Waals surface area contributed by atoms with Crippen molar-refractivity contribution in [3.63, 3.8) is 0 Å². The van der Waals surface area contributed by atoms with E-state index in [1.165, 1.54) is 18.2 Å². The third kappa shape index (κ3) is 21.6. The van der Waals surface area contributed by atoms with E-state index in [0.29, 0.717) is 72.1 Å². The molecule has 8 amide bonds. The first-order chi connectivity index (χ1) is 24.5. The molecule has 4 aliphatic rings. The Morgan fingerprint density at radius 3 is 1.70 bits per heavy atom. The Morgan fingerprint density at radius 2 is 1.36 bits per heavy atom. The maximum atomic E-state index is 11.2. The minimum atomic E-state index is -0.856. The number of hydrogen-bond donors (Lipinski definition) is 8. The molecule has 0 aromatic rings. The molecule has 0 aliphatic carbocycles. The van der Waals surface area contributed by atoms with Crippen LogP contribution in [0, 0.1) is 0 Å². The number of urea groups is 3. The number of rotatable bonds is 15. The molecule has 0 aromatic heterocycles. The Hall–Kier alpha value is -5.28. The van der Waals surface area contributed by atoms with Gasteiger partial charge in [0.25, 0.3) is 0 Å². The van der Waals surface area contributed by atoms with Crippen LogP contribution in [0.5, 0.6) is 0 Å². The van der Waals surface area contributed by atoms with Gasteiger partial charge < -0.3 is 76.2 Å². The average Bonchev–Trinajstić information content (AvgIpc) is 3.94. The molecule has 0 spiro atoms. The summed E-state index contributed by atoms with van der Waals surface area (Å²) in [6, 6.07) is -0.234. The number of amides is 8. The van der Waals surface area contributed by atoms with Crippen LogP contribution in [-0.2, 0) is 18.9 Å². The molecule has 4 aliphatic heterocycles. The van der Waals surface area contributed by atoms with Crippen molar-refractivity contribution < 1.29 is 57.9 Å². The molecule has 4 saturated heterocycles. The molecule has 3 unspecified atom stereocenters. The number of aliphatic hydroxyl groups is 2.